The zero-order valence-corrected chi connectivity index (χ0v) is 10.6. The van der Waals surface area contributed by atoms with E-state index >= 15 is 0 Å². The van der Waals surface area contributed by atoms with Gasteiger partial charge in [-0.25, -0.2) is 0 Å². The summed E-state index contributed by atoms with van der Waals surface area (Å²) in [6.07, 6.45) is 1.10. The molecule has 0 aliphatic heterocycles. The highest BCUT2D eigenvalue weighted by Crippen LogP contribution is 2.25. The van der Waals surface area contributed by atoms with Gasteiger partial charge in [-0.05, 0) is 24.0 Å². The normalized spacial score (nSPS) is 11.9. The Kier molecular flexibility index (Phi) is 2.96. The molecule has 2 aromatic rings. The highest BCUT2D eigenvalue weighted by molar-refractivity contribution is 5.86. The number of fused-ring (bicyclic) bond motifs is 1. The predicted molar refractivity (Wildman–Crippen MR) is 71.0 cm³/mol. The molecule has 4 heteroatoms. The Morgan fingerprint density at radius 3 is 2.82 bits per heavy atom. The first-order valence-electron chi connectivity index (χ1n) is 5.91. The van der Waals surface area contributed by atoms with E-state index in [9.17, 15) is 0 Å². The summed E-state index contributed by atoms with van der Waals surface area (Å²) in [6.45, 7) is 7.41. The van der Waals surface area contributed by atoms with Crippen molar-refractivity contribution >= 4 is 22.8 Å². The van der Waals surface area contributed by atoms with E-state index in [1.165, 1.54) is 0 Å². The van der Waals surface area contributed by atoms with Crippen molar-refractivity contribution in [3.8, 4) is 0 Å². The van der Waals surface area contributed by atoms with Gasteiger partial charge in [0.1, 0.15) is 5.52 Å². The lowest BCUT2D eigenvalue weighted by atomic mass is 9.90. The highest BCUT2D eigenvalue weighted by atomic mass is 16.4. The van der Waals surface area contributed by atoms with Crippen molar-refractivity contribution in [2.45, 2.75) is 27.2 Å². The lowest BCUT2D eigenvalue weighted by Gasteiger charge is -2.21. The van der Waals surface area contributed by atoms with Crippen molar-refractivity contribution in [1.29, 1.82) is 0 Å². The maximum atomic E-state index is 5.83. The van der Waals surface area contributed by atoms with Crippen LogP contribution in [0.5, 0.6) is 0 Å². The van der Waals surface area contributed by atoms with Crippen molar-refractivity contribution < 1.29 is 4.42 Å². The fourth-order valence-electron chi connectivity index (χ4n) is 1.49. The molecule has 92 valence electrons. The molecule has 0 fully saturated rings. The molecule has 3 N–H and O–H groups in total. The first-order chi connectivity index (χ1) is 8.02. The minimum Gasteiger partial charge on any atom is -0.423 e. The molecule has 0 unspecified atom stereocenters. The quantitative estimate of drug-likeness (QED) is 0.795. The number of benzene rings is 1. The van der Waals surface area contributed by atoms with Gasteiger partial charge >= 0.3 is 0 Å². The van der Waals surface area contributed by atoms with E-state index < -0.39 is 0 Å². The standard InChI is InChI=1S/C13H19N3O/c1-4-13(2,3)8-15-12-16-11-9(14)6-5-7-10(11)17-12/h5-7H,4,8,14H2,1-3H3,(H,15,16). The summed E-state index contributed by atoms with van der Waals surface area (Å²) < 4.78 is 5.59. The zero-order chi connectivity index (χ0) is 12.5. The SMILES string of the molecule is CCC(C)(C)CNc1nc2c(N)cccc2o1. The maximum Gasteiger partial charge on any atom is 0.295 e. The van der Waals surface area contributed by atoms with E-state index in [0.717, 1.165) is 24.1 Å². The van der Waals surface area contributed by atoms with Crippen LogP contribution in [0.1, 0.15) is 27.2 Å². The smallest absolute Gasteiger partial charge is 0.295 e. The van der Waals surface area contributed by atoms with Crippen LogP contribution < -0.4 is 11.1 Å². The van der Waals surface area contributed by atoms with Crippen LogP contribution in [-0.2, 0) is 0 Å². The number of nitrogen functional groups attached to an aromatic ring is 1. The number of nitrogens with zero attached hydrogens (tertiary/aromatic N) is 1. The van der Waals surface area contributed by atoms with Crippen LogP contribution in [0, 0.1) is 5.41 Å². The molecule has 0 amide bonds. The van der Waals surface area contributed by atoms with Crippen molar-refractivity contribution in [2.75, 3.05) is 17.6 Å². The number of para-hydroxylation sites is 1. The van der Waals surface area contributed by atoms with E-state index in [1.807, 2.05) is 18.2 Å². The minimum atomic E-state index is 0.228. The van der Waals surface area contributed by atoms with E-state index in [2.05, 4.69) is 31.1 Å². The molecule has 0 aliphatic rings. The lowest BCUT2D eigenvalue weighted by Crippen LogP contribution is -2.22. The first kappa shape index (κ1) is 11.8. The number of hydrogen-bond acceptors (Lipinski definition) is 4. The maximum absolute atomic E-state index is 5.83. The van der Waals surface area contributed by atoms with Gasteiger partial charge in [-0.2, -0.15) is 4.98 Å². The van der Waals surface area contributed by atoms with Crippen molar-refractivity contribution in [2.24, 2.45) is 5.41 Å². The van der Waals surface area contributed by atoms with E-state index in [4.69, 9.17) is 10.2 Å². The Balaban J connectivity index is 2.18. The third kappa shape index (κ3) is 2.52. The molecule has 0 bridgehead atoms. The summed E-state index contributed by atoms with van der Waals surface area (Å²) in [7, 11) is 0. The number of oxazole rings is 1. The van der Waals surface area contributed by atoms with Crippen LogP contribution >= 0.6 is 0 Å². The van der Waals surface area contributed by atoms with Gasteiger partial charge in [0.2, 0.25) is 0 Å². The number of aromatic nitrogens is 1. The van der Waals surface area contributed by atoms with Crippen LogP contribution in [0.4, 0.5) is 11.7 Å². The summed E-state index contributed by atoms with van der Waals surface area (Å²) in [5.74, 6) is 0. The van der Waals surface area contributed by atoms with E-state index in [1.54, 1.807) is 0 Å². The average molecular weight is 233 g/mol. The van der Waals surface area contributed by atoms with Gasteiger partial charge in [0, 0.05) is 6.54 Å². The van der Waals surface area contributed by atoms with Crippen molar-refractivity contribution in [1.82, 2.24) is 4.98 Å². The second kappa shape index (κ2) is 4.28. The van der Waals surface area contributed by atoms with Crippen LogP contribution in [0.2, 0.25) is 0 Å². The van der Waals surface area contributed by atoms with Crippen LogP contribution in [0.15, 0.2) is 22.6 Å². The van der Waals surface area contributed by atoms with Crippen molar-refractivity contribution in [3.05, 3.63) is 18.2 Å². The van der Waals surface area contributed by atoms with Crippen LogP contribution in [0.3, 0.4) is 0 Å². The highest BCUT2D eigenvalue weighted by Gasteiger charge is 2.16. The minimum absolute atomic E-state index is 0.228. The van der Waals surface area contributed by atoms with Crippen LogP contribution in [0.25, 0.3) is 11.1 Å². The summed E-state index contributed by atoms with van der Waals surface area (Å²) in [5, 5.41) is 3.22. The molecule has 1 aromatic heterocycles. The van der Waals surface area contributed by atoms with Gasteiger partial charge in [0.25, 0.3) is 6.01 Å². The topological polar surface area (TPSA) is 64.1 Å². The van der Waals surface area contributed by atoms with Gasteiger partial charge in [-0.15, -0.1) is 0 Å². The average Bonchev–Trinajstić information content (AvgIpc) is 2.71. The molecule has 0 saturated carbocycles. The molecule has 2 rings (SSSR count). The number of nitrogens with two attached hydrogens (primary N) is 1. The molecule has 0 radical (unpaired) electrons. The second-order valence-electron chi connectivity index (χ2n) is 5.08. The number of anilines is 2. The molecule has 1 heterocycles. The Bertz CT molecular complexity index is 516. The van der Waals surface area contributed by atoms with Gasteiger partial charge in [-0.3, -0.25) is 0 Å². The summed E-state index contributed by atoms with van der Waals surface area (Å²) in [4.78, 5) is 4.35. The predicted octanol–water partition coefficient (Wildman–Crippen LogP) is 3.26. The third-order valence-corrected chi connectivity index (χ3v) is 3.13. The molecule has 0 spiro atoms. The van der Waals surface area contributed by atoms with Gasteiger partial charge in [0.15, 0.2) is 5.58 Å². The Morgan fingerprint density at radius 1 is 1.41 bits per heavy atom. The lowest BCUT2D eigenvalue weighted by molar-refractivity contribution is 0.373. The summed E-state index contributed by atoms with van der Waals surface area (Å²) in [6, 6.07) is 6.10. The molecule has 0 atom stereocenters. The molecule has 1 aromatic carbocycles. The Morgan fingerprint density at radius 2 is 2.18 bits per heavy atom. The zero-order valence-electron chi connectivity index (χ0n) is 10.6. The fourth-order valence-corrected chi connectivity index (χ4v) is 1.49. The molecule has 4 nitrogen and oxygen atoms in total. The van der Waals surface area contributed by atoms with Gasteiger partial charge in [-0.1, -0.05) is 26.8 Å². The van der Waals surface area contributed by atoms with Crippen LogP contribution in [-0.4, -0.2) is 11.5 Å². The van der Waals surface area contributed by atoms with E-state index in [0.29, 0.717) is 11.7 Å². The number of rotatable bonds is 4. The summed E-state index contributed by atoms with van der Waals surface area (Å²) in [5.41, 5.74) is 8.15. The molecule has 0 saturated heterocycles. The second-order valence-corrected chi connectivity index (χ2v) is 5.08. The first-order valence-corrected chi connectivity index (χ1v) is 5.91. The largest absolute Gasteiger partial charge is 0.423 e. The molecular formula is C13H19N3O. The van der Waals surface area contributed by atoms with Crippen molar-refractivity contribution in [3.63, 3.8) is 0 Å². The Hall–Kier alpha value is -1.71. The molecule has 17 heavy (non-hydrogen) atoms. The fraction of sp³-hybridized carbons (Fsp3) is 0.462. The monoisotopic (exact) mass is 233 g/mol. The number of hydrogen-bond donors (Lipinski definition) is 2. The summed E-state index contributed by atoms with van der Waals surface area (Å²) >= 11 is 0. The van der Waals surface area contributed by atoms with Gasteiger partial charge < -0.3 is 15.5 Å². The van der Waals surface area contributed by atoms with E-state index in [-0.39, 0.29) is 5.41 Å². The van der Waals surface area contributed by atoms with Gasteiger partial charge in [0.05, 0.1) is 5.69 Å². The Labute approximate surface area is 101 Å². The molecule has 0 aliphatic carbocycles. The molecular weight excluding hydrogens is 214 g/mol. The number of nitrogens with one attached hydrogen (secondary N) is 1. The third-order valence-electron chi connectivity index (χ3n) is 3.13.